The van der Waals surface area contributed by atoms with E-state index in [1.807, 2.05) is 17.5 Å². The van der Waals surface area contributed by atoms with Crippen LogP contribution in [0.2, 0.25) is 5.02 Å². The van der Waals surface area contributed by atoms with Crippen LogP contribution in [0.3, 0.4) is 0 Å². The number of hydrogen-bond acceptors (Lipinski definition) is 6. The van der Waals surface area contributed by atoms with Crippen molar-refractivity contribution in [2.75, 3.05) is 13.1 Å². The van der Waals surface area contributed by atoms with Gasteiger partial charge in [-0.1, -0.05) is 29.8 Å². The van der Waals surface area contributed by atoms with Crippen molar-refractivity contribution in [3.63, 3.8) is 0 Å². The third-order valence-electron chi connectivity index (χ3n) is 4.35. The van der Waals surface area contributed by atoms with Gasteiger partial charge in [0.25, 0.3) is 11.1 Å². The summed E-state index contributed by atoms with van der Waals surface area (Å²) in [5.41, 5.74) is 0.765. The SMILES string of the molecule is CC(=O)NC(CC(=O)NCCN1C(=O)S/C(=C\c2ccc(Cl)cc2)C1=O)c1cccs1. The van der Waals surface area contributed by atoms with Gasteiger partial charge in [0.15, 0.2) is 0 Å². The minimum absolute atomic E-state index is 0.0676. The number of thioether (sulfide) groups is 1. The molecule has 4 amide bonds. The quantitative estimate of drug-likeness (QED) is 0.563. The average Bonchev–Trinajstić information content (AvgIpc) is 3.33. The fourth-order valence-electron chi connectivity index (χ4n) is 2.93. The van der Waals surface area contributed by atoms with Crippen molar-refractivity contribution in [1.29, 1.82) is 0 Å². The van der Waals surface area contributed by atoms with E-state index in [4.69, 9.17) is 11.6 Å². The number of amides is 4. The Bertz CT molecular complexity index is 1010. The predicted molar refractivity (Wildman–Crippen MR) is 123 cm³/mol. The number of nitrogens with zero attached hydrogens (tertiary/aromatic N) is 1. The highest BCUT2D eigenvalue weighted by Gasteiger charge is 2.34. The molecular formula is C21H20ClN3O4S2. The van der Waals surface area contributed by atoms with E-state index in [-0.39, 0.29) is 36.6 Å². The molecule has 1 saturated heterocycles. The Labute approximate surface area is 192 Å². The highest BCUT2D eigenvalue weighted by molar-refractivity contribution is 8.18. The van der Waals surface area contributed by atoms with Gasteiger partial charge in [0.2, 0.25) is 11.8 Å². The summed E-state index contributed by atoms with van der Waals surface area (Å²) >= 11 is 8.18. The number of thiophene rings is 1. The first-order valence-corrected chi connectivity index (χ1v) is 11.5. The van der Waals surface area contributed by atoms with Gasteiger partial charge in [-0.3, -0.25) is 24.1 Å². The zero-order chi connectivity index (χ0) is 22.4. The van der Waals surface area contributed by atoms with E-state index in [1.165, 1.54) is 18.3 Å². The number of hydrogen-bond donors (Lipinski definition) is 2. The van der Waals surface area contributed by atoms with Gasteiger partial charge in [0, 0.05) is 29.9 Å². The van der Waals surface area contributed by atoms with Crippen LogP contribution in [0.4, 0.5) is 4.79 Å². The third-order valence-corrected chi connectivity index (χ3v) is 6.50. The number of benzene rings is 1. The van der Waals surface area contributed by atoms with Crippen LogP contribution in [0.1, 0.15) is 29.8 Å². The van der Waals surface area contributed by atoms with Crippen LogP contribution in [0, 0.1) is 0 Å². The Morgan fingerprint density at radius 2 is 1.94 bits per heavy atom. The van der Waals surface area contributed by atoms with Gasteiger partial charge in [-0.2, -0.15) is 0 Å². The largest absolute Gasteiger partial charge is 0.354 e. The molecule has 3 rings (SSSR count). The van der Waals surface area contributed by atoms with Gasteiger partial charge in [-0.25, -0.2) is 0 Å². The summed E-state index contributed by atoms with van der Waals surface area (Å²) in [5, 5.41) is 7.55. The Kier molecular flexibility index (Phi) is 7.89. The highest BCUT2D eigenvalue weighted by atomic mass is 35.5. The maximum atomic E-state index is 12.5. The Balaban J connectivity index is 1.53. The fourth-order valence-corrected chi connectivity index (χ4v) is 4.69. The van der Waals surface area contributed by atoms with E-state index in [9.17, 15) is 19.2 Å². The molecule has 0 aliphatic carbocycles. The van der Waals surface area contributed by atoms with Gasteiger partial charge < -0.3 is 10.6 Å². The molecule has 10 heteroatoms. The second kappa shape index (κ2) is 10.6. The van der Waals surface area contributed by atoms with Crippen molar-refractivity contribution in [3.8, 4) is 0 Å². The summed E-state index contributed by atoms with van der Waals surface area (Å²) < 4.78 is 0. The van der Waals surface area contributed by atoms with Gasteiger partial charge in [-0.15, -0.1) is 11.3 Å². The van der Waals surface area contributed by atoms with Gasteiger partial charge in [0.1, 0.15) is 0 Å². The van der Waals surface area contributed by atoms with Crippen molar-refractivity contribution < 1.29 is 19.2 Å². The maximum Gasteiger partial charge on any atom is 0.293 e. The molecular weight excluding hydrogens is 458 g/mol. The van der Waals surface area contributed by atoms with Gasteiger partial charge in [-0.05, 0) is 47.0 Å². The molecule has 1 aromatic heterocycles. The third kappa shape index (κ3) is 6.43. The normalized spacial score (nSPS) is 15.9. The number of imide groups is 1. The average molecular weight is 478 g/mol. The van der Waals surface area contributed by atoms with Gasteiger partial charge >= 0.3 is 0 Å². The Morgan fingerprint density at radius 3 is 2.58 bits per heavy atom. The Morgan fingerprint density at radius 1 is 1.19 bits per heavy atom. The van der Waals surface area contributed by atoms with Crippen molar-refractivity contribution in [1.82, 2.24) is 15.5 Å². The van der Waals surface area contributed by atoms with E-state index in [0.717, 1.165) is 27.1 Å². The summed E-state index contributed by atoms with van der Waals surface area (Å²) in [6.07, 6.45) is 1.71. The monoisotopic (exact) mass is 477 g/mol. The first-order chi connectivity index (χ1) is 14.8. The number of halogens is 1. The second-order valence-electron chi connectivity index (χ2n) is 6.71. The zero-order valence-electron chi connectivity index (χ0n) is 16.6. The summed E-state index contributed by atoms with van der Waals surface area (Å²) in [6, 6.07) is 10.2. The molecule has 2 heterocycles. The molecule has 2 N–H and O–H groups in total. The van der Waals surface area contributed by atoms with E-state index in [2.05, 4.69) is 10.6 Å². The summed E-state index contributed by atoms with van der Waals surface area (Å²) in [7, 11) is 0. The number of nitrogens with one attached hydrogen (secondary N) is 2. The molecule has 1 aromatic carbocycles. The van der Waals surface area contributed by atoms with Crippen LogP contribution in [0.25, 0.3) is 6.08 Å². The molecule has 7 nitrogen and oxygen atoms in total. The first kappa shape index (κ1) is 23.1. The number of carbonyl (C=O) groups is 4. The van der Waals surface area contributed by atoms with Crippen LogP contribution in [-0.2, 0) is 14.4 Å². The molecule has 2 aromatic rings. The number of carbonyl (C=O) groups excluding carboxylic acids is 4. The lowest BCUT2D eigenvalue weighted by Crippen LogP contribution is -2.38. The standard InChI is InChI=1S/C21H20ClN3O4S2/c1-13(26)24-16(17-3-2-10-30-17)12-19(27)23-8-9-25-20(28)18(31-21(25)29)11-14-4-6-15(22)7-5-14/h2-7,10-11,16H,8-9,12H2,1H3,(H,23,27)(H,24,26)/b18-11-. The maximum absolute atomic E-state index is 12.5. The summed E-state index contributed by atoms with van der Waals surface area (Å²) in [6.45, 7) is 1.59. The van der Waals surface area contributed by atoms with E-state index in [1.54, 1.807) is 30.3 Å². The van der Waals surface area contributed by atoms with Crippen LogP contribution in [0.5, 0.6) is 0 Å². The van der Waals surface area contributed by atoms with E-state index in [0.29, 0.717) is 9.93 Å². The Hall–Kier alpha value is -2.62. The smallest absolute Gasteiger partial charge is 0.293 e. The van der Waals surface area contributed by atoms with Crippen LogP contribution < -0.4 is 10.6 Å². The molecule has 0 saturated carbocycles. The van der Waals surface area contributed by atoms with E-state index >= 15 is 0 Å². The minimum Gasteiger partial charge on any atom is -0.354 e. The van der Waals surface area contributed by atoms with E-state index < -0.39 is 11.9 Å². The van der Waals surface area contributed by atoms with Crippen LogP contribution in [0.15, 0.2) is 46.7 Å². The minimum atomic E-state index is -0.419. The molecule has 1 aliphatic heterocycles. The molecule has 1 unspecified atom stereocenters. The molecule has 1 aliphatic rings. The summed E-state index contributed by atoms with van der Waals surface area (Å²) in [5.74, 6) is -0.902. The van der Waals surface area contributed by atoms with Crippen molar-refractivity contribution in [3.05, 3.63) is 62.1 Å². The van der Waals surface area contributed by atoms with Crippen LogP contribution >= 0.6 is 34.7 Å². The van der Waals surface area contributed by atoms with Crippen molar-refractivity contribution in [2.45, 2.75) is 19.4 Å². The fraction of sp³-hybridized carbons (Fsp3) is 0.238. The van der Waals surface area contributed by atoms with Gasteiger partial charge in [0.05, 0.1) is 17.4 Å². The molecule has 1 fully saturated rings. The van der Waals surface area contributed by atoms with Crippen LogP contribution in [-0.4, -0.2) is 41.0 Å². The molecule has 31 heavy (non-hydrogen) atoms. The highest BCUT2D eigenvalue weighted by Crippen LogP contribution is 2.32. The zero-order valence-corrected chi connectivity index (χ0v) is 19.0. The lowest BCUT2D eigenvalue weighted by Gasteiger charge is -2.17. The van der Waals surface area contributed by atoms with Crippen molar-refractivity contribution in [2.24, 2.45) is 0 Å². The lowest BCUT2D eigenvalue weighted by molar-refractivity contribution is -0.125. The van der Waals surface area contributed by atoms with Crippen molar-refractivity contribution >= 4 is 63.7 Å². The summed E-state index contributed by atoms with van der Waals surface area (Å²) in [4.78, 5) is 50.8. The second-order valence-corrected chi connectivity index (χ2v) is 9.12. The first-order valence-electron chi connectivity index (χ1n) is 9.41. The molecule has 0 radical (unpaired) electrons. The topological polar surface area (TPSA) is 95.6 Å². The lowest BCUT2D eigenvalue weighted by atomic mass is 10.1. The predicted octanol–water partition coefficient (Wildman–Crippen LogP) is 3.82. The molecule has 0 spiro atoms. The molecule has 1 atom stereocenters. The molecule has 0 bridgehead atoms. The number of rotatable bonds is 8. The molecule has 162 valence electrons.